The van der Waals surface area contributed by atoms with E-state index in [1.165, 1.54) is 51.6 Å². The topological polar surface area (TPSA) is 29.3 Å². The van der Waals surface area contributed by atoms with Gasteiger partial charge in [-0.1, -0.05) is 19.8 Å². The summed E-state index contributed by atoms with van der Waals surface area (Å²) in [5, 5.41) is 0. The van der Waals surface area contributed by atoms with E-state index >= 15 is 0 Å². The Morgan fingerprint density at radius 1 is 1.06 bits per heavy atom. The molecule has 2 nitrogen and oxygen atoms in total. The van der Waals surface area contributed by atoms with Crippen LogP contribution in [0, 0.1) is 11.3 Å². The van der Waals surface area contributed by atoms with E-state index in [0.29, 0.717) is 12.0 Å². The minimum atomic E-state index is 0.637. The van der Waals surface area contributed by atoms with Gasteiger partial charge in [0, 0.05) is 6.04 Å². The van der Waals surface area contributed by atoms with E-state index in [0.717, 1.165) is 12.0 Å². The van der Waals surface area contributed by atoms with Gasteiger partial charge in [0.25, 0.3) is 0 Å². The molecule has 0 aromatic rings. The van der Waals surface area contributed by atoms with Crippen molar-refractivity contribution in [2.75, 3.05) is 19.6 Å². The molecule has 1 heterocycles. The molecule has 0 amide bonds. The summed E-state index contributed by atoms with van der Waals surface area (Å²) < 4.78 is 0. The highest BCUT2D eigenvalue weighted by Crippen LogP contribution is 2.46. The average Bonchev–Trinajstić information content (AvgIpc) is 2.77. The van der Waals surface area contributed by atoms with E-state index in [1.54, 1.807) is 0 Å². The molecule has 0 bridgehead atoms. The number of nitrogens with two attached hydrogens (primary N) is 1. The number of rotatable bonds is 3. The van der Waals surface area contributed by atoms with Gasteiger partial charge in [-0.05, 0) is 63.6 Å². The van der Waals surface area contributed by atoms with Crippen LogP contribution in [0.1, 0.15) is 52.4 Å². The van der Waals surface area contributed by atoms with E-state index in [4.69, 9.17) is 5.73 Å². The molecule has 1 saturated carbocycles. The lowest BCUT2D eigenvalue weighted by Gasteiger charge is -2.43. The van der Waals surface area contributed by atoms with Crippen molar-refractivity contribution in [3.8, 4) is 0 Å². The lowest BCUT2D eigenvalue weighted by molar-refractivity contribution is 0.0642. The Morgan fingerprint density at radius 3 is 2.12 bits per heavy atom. The molecule has 0 aromatic heterocycles. The average molecular weight is 224 g/mol. The molecule has 16 heavy (non-hydrogen) atoms. The fraction of sp³-hybridized carbons (Fsp3) is 1.00. The molecule has 1 saturated heterocycles. The van der Waals surface area contributed by atoms with Gasteiger partial charge in [-0.15, -0.1) is 0 Å². The third-order valence-corrected chi connectivity index (χ3v) is 5.29. The molecule has 94 valence electrons. The molecule has 1 spiro atoms. The smallest absolute Gasteiger partial charge is 0.0105 e. The summed E-state index contributed by atoms with van der Waals surface area (Å²) in [6.45, 7) is 8.08. The molecular weight excluding hydrogens is 196 g/mol. The van der Waals surface area contributed by atoms with Crippen molar-refractivity contribution < 1.29 is 0 Å². The standard InChI is InChI=1S/C14H28N2/c1-12(11-15)13(2)16-9-7-14(8-10-16)5-3-4-6-14/h12-13H,3-11,15H2,1-2H3. The van der Waals surface area contributed by atoms with Crippen LogP contribution in [0.4, 0.5) is 0 Å². The van der Waals surface area contributed by atoms with Crippen molar-refractivity contribution >= 4 is 0 Å². The van der Waals surface area contributed by atoms with Crippen LogP contribution in [-0.2, 0) is 0 Å². The van der Waals surface area contributed by atoms with Crippen molar-refractivity contribution in [1.29, 1.82) is 0 Å². The second-order valence-corrected chi connectivity index (χ2v) is 6.20. The Labute approximate surface area is 101 Å². The maximum Gasteiger partial charge on any atom is 0.0105 e. The van der Waals surface area contributed by atoms with E-state index in [2.05, 4.69) is 18.7 Å². The maximum atomic E-state index is 5.77. The van der Waals surface area contributed by atoms with Gasteiger partial charge < -0.3 is 10.6 Å². The lowest BCUT2D eigenvalue weighted by atomic mass is 9.76. The third kappa shape index (κ3) is 2.43. The van der Waals surface area contributed by atoms with Gasteiger partial charge in [0.1, 0.15) is 0 Å². The second kappa shape index (κ2) is 5.05. The lowest BCUT2D eigenvalue weighted by Crippen LogP contribution is -2.47. The minimum Gasteiger partial charge on any atom is -0.330 e. The Morgan fingerprint density at radius 2 is 1.62 bits per heavy atom. The number of nitrogens with zero attached hydrogens (tertiary/aromatic N) is 1. The molecule has 0 aromatic carbocycles. The van der Waals surface area contributed by atoms with Crippen molar-refractivity contribution in [2.45, 2.75) is 58.4 Å². The van der Waals surface area contributed by atoms with Gasteiger partial charge in [0.2, 0.25) is 0 Å². The van der Waals surface area contributed by atoms with Gasteiger partial charge in [-0.2, -0.15) is 0 Å². The van der Waals surface area contributed by atoms with Gasteiger partial charge in [-0.3, -0.25) is 0 Å². The third-order valence-electron chi connectivity index (χ3n) is 5.29. The zero-order valence-corrected chi connectivity index (χ0v) is 11.0. The first-order valence-electron chi connectivity index (χ1n) is 7.11. The fourth-order valence-electron chi connectivity index (χ4n) is 3.59. The van der Waals surface area contributed by atoms with Crippen LogP contribution in [0.15, 0.2) is 0 Å². The van der Waals surface area contributed by atoms with E-state index in [1.807, 2.05) is 0 Å². The zero-order valence-electron chi connectivity index (χ0n) is 11.0. The van der Waals surface area contributed by atoms with Crippen molar-refractivity contribution in [3.63, 3.8) is 0 Å². The number of hydrogen-bond acceptors (Lipinski definition) is 2. The van der Waals surface area contributed by atoms with Crippen molar-refractivity contribution in [1.82, 2.24) is 4.90 Å². The van der Waals surface area contributed by atoms with E-state index < -0.39 is 0 Å². The van der Waals surface area contributed by atoms with Crippen LogP contribution in [0.3, 0.4) is 0 Å². The monoisotopic (exact) mass is 224 g/mol. The molecule has 1 aliphatic carbocycles. The predicted octanol–water partition coefficient (Wildman–Crippen LogP) is 2.63. The molecule has 2 fully saturated rings. The van der Waals surface area contributed by atoms with E-state index in [-0.39, 0.29) is 0 Å². The Kier molecular flexibility index (Phi) is 3.91. The Bertz CT molecular complexity index is 211. The second-order valence-electron chi connectivity index (χ2n) is 6.20. The number of hydrogen-bond donors (Lipinski definition) is 1. The summed E-state index contributed by atoms with van der Waals surface area (Å²) in [5.41, 5.74) is 6.52. The summed E-state index contributed by atoms with van der Waals surface area (Å²) in [6.07, 6.45) is 8.84. The zero-order chi connectivity index (χ0) is 11.6. The molecule has 1 aliphatic heterocycles. The summed E-state index contributed by atoms with van der Waals surface area (Å²) in [5.74, 6) is 0.637. The van der Waals surface area contributed by atoms with Crippen LogP contribution >= 0.6 is 0 Å². The minimum absolute atomic E-state index is 0.637. The Balaban J connectivity index is 1.84. The molecule has 0 radical (unpaired) electrons. The highest BCUT2D eigenvalue weighted by atomic mass is 15.2. The van der Waals surface area contributed by atoms with Crippen LogP contribution in [0.25, 0.3) is 0 Å². The summed E-state index contributed by atoms with van der Waals surface area (Å²) in [7, 11) is 0. The van der Waals surface area contributed by atoms with Gasteiger partial charge in [0.05, 0.1) is 0 Å². The van der Waals surface area contributed by atoms with Crippen LogP contribution in [-0.4, -0.2) is 30.6 Å². The number of piperidine rings is 1. The predicted molar refractivity (Wildman–Crippen MR) is 69.4 cm³/mol. The van der Waals surface area contributed by atoms with Gasteiger partial charge >= 0.3 is 0 Å². The first-order valence-corrected chi connectivity index (χ1v) is 7.11. The molecular formula is C14H28N2. The summed E-state index contributed by atoms with van der Waals surface area (Å²) in [6, 6.07) is 0.670. The first-order chi connectivity index (χ1) is 7.67. The largest absolute Gasteiger partial charge is 0.330 e. The van der Waals surface area contributed by atoms with Crippen LogP contribution < -0.4 is 5.73 Å². The van der Waals surface area contributed by atoms with Crippen molar-refractivity contribution in [2.24, 2.45) is 17.1 Å². The van der Waals surface area contributed by atoms with Crippen molar-refractivity contribution in [3.05, 3.63) is 0 Å². The summed E-state index contributed by atoms with van der Waals surface area (Å²) >= 11 is 0. The highest BCUT2D eigenvalue weighted by Gasteiger charge is 2.38. The normalized spacial score (nSPS) is 29.4. The SMILES string of the molecule is CC(CN)C(C)N1CCC2(CCCC2)CC1. The molecule has 2 rings (SSSR count). The molecule has 2 unspecified atom stereocenters. The quantitative estimate of drug-likeness (QED) is 0.798. The van der Waals surface area contributed by atoms with E-state index in [9.17, 15) is 0 Å². The number of likely N-dealkylation sites (tertiary alicyclic amines) is 1. The molecule has 2 aliphatic rings. The van der Waals surface area contributed by atoms with Crippen LogP contribution in [0.2, 0.25) is 0 Å². The Hall–Kier alpha value is -0.0800. The molecule has 2 heteroatoms. The maximum absolute atomic E-state index is 5.77. The first kappa shape index (κ1) is 12.4. The van der Waals surface area contributed by atoms with Gasteiger partial charge in [-0.25, -0.2) is 0 Å². The van der Waals surface area contributed by atoms with Gasteiger partial charge in [0.15, 0.2) is 0 Å². The molecule has 2 N–H and O–H groups in total. The highest BCUT2D eigenvalue weighted by molar-refractivity contribution is 4.91. The fourth-order valence-corrected chi connectivity index (χ4v) is 3.59. The summed E-state index contributed by atoms with van der Waals surface area (Å²) in [4.78, 5) is 2.67. The van der Waals surface area contributed by atoms with Crippen LogP contribution in [0.5, 0.6) is 0 Å². The molecule has 2 atom stereocenters.